The molecule has 1 N–H and O–H groups in total. The van der Waals surface area contributed by atoms with Gasteiger partial charge in [-0.15, -0.1) is 0 Å². The number of nitrogens with zero attached hydrogens (tertiary/aromatic N) is 1. The number of benzene rings is 2. The summed E-state index contributed by atoms with van der Waals surface area (Å²) in [6.07, 6.45) is -16.7. The summed E-state index contributed by atoms with van der Waals surface area (Å²) in [5.74, 6) is -3.97. The molecular weight excluding hydrogens is 574 g/mol. The topological polar surface area (TPSA) is 50.7 Å². The molecule has 1 saturated carbocycles. The summed E-state index contributed by atoms with van der Waals surface area (Å²) >= 11 is 5.49. The van der Waals surface area contributed by atoms with Crippen molar-refractivity contribution in [2.45, 2.75) is 56.4 Å². The lowest BCUT2D eigenvalue weighted by Gasteiger charge is -2.36. The number of alkyl halides is 9. The van der Waals surface area contributed by atoms with E-state index >= 15 is 0 Å². The van der Waals surface area contributed by atoms with Crippen LogP contribution in [0.25, 0.3) is 0 Å². The van der Waals surface area contributed by atoms with Crippen molar-refractivity contribution in [2.24, 2.45) is 11.1 Å². The highest BCUT2D eigenvalue weighted by molar-refractivity contribution is 6.30. The van der Waals surface area contributed by atoms with E-state index in [1.165, 1.54) is 25.1 Å². The Morgan fingerprint density at radius 2 is 1.69 bits per heavy atom. The summed E-state index contributed by atoms with van der Waals surface area (Å²) in [7, 11) is 0. The molecule has 39 heavy (non-hydrogen) atoms. The molecule has 0 bridgehead atoms. The molecule has 1 heterocycles. The summed E-state index contributed by atoms with van der Waals surface area (Å²) in [4.78, 5) is 17.1. The van der Waals surface area contributed by atoms with Crippen molar-refractivity contribution in [3.05, 3.63) is 69.0 Å². The average Bonchev–Trinajstić information content (AvgIpc) is 3.22. The zero-order chi connectivity index (χ0) is 29.1. The Hall–Kier alpha value is -3.03. The van der Waals surface area contributed by atoms with Gasteiger partial charge in [-0.05, 0) is 55.2 Å². The van der Waals surface area contributed by atoms with Crippen molar-refractivity contribution < 1.29 is 53.5 Å². The molecule has 1 amide bonds. The van der Waals surface area contributed by atoms with Gasteiger partial charge in [0, 0.05) is 17.2 Å². The minimum absolute atomic E-state index is 0.00515. The van der Waals surface area contributed by atoms with Crippen LogP contribution < -0.4 is 5.32 Å². The number of nitrogens with one attached hydrogen (secondary N) is 1. The number of aryl methyl sites for hydroxylation is 1. The maximum Gasteiger partial charge on any atom is 0.435 e. The molecule has 0 spiro atoms. The van der Waals surface area contributed by atoms with Crippen LogP contribution in [0.4, 0.5) is 43.9 Å². The molecule has 0 saturated heterocycles. The third-order valence-corrected chi connectivity index (χ3v) is 6.99. The fourth-order valence-electron chi connectivity index (χ4n) is 4.45. The van der Waals surface area contributed by atoms with Crippen LogP contribution in [0.15, 0.2) is 35.5 Å². The monoisotopic (exact) mass is 590 g/mol. The van der Waals surface area contributed by atoms with E-state index in [2.05, 4.69) is 15.3 Å². The molecule has 0 unspecified atom stereocenters. The van der Waals surface area contributed by atoms with Gasteiger partial charge in [0.15, 0.2) is 0 Å². The Bertz CT molecular complexity index is 1330. The van der Waals surface area contributed by atoms with Crippen molar-refractivity contribution in [3.8, 4) is 0 Å². The van der Waals surface area contributed by atoms with Crippen molar-refractivity contribution in [2.75, 3.05) is 0 Å². The lowest BCUT2D eigenvalue weighted by molar-refractivity contribution is -0.276. The fraction of sp³-hybridized carbons (Fsp3) is 0.417. The zero-order valence-corrected chi connectivity index (χ0v) is 20.3. The smallest absolute Gasteiger partial charge is 0.374 e. The van der Waals surface area contributed by atoms with E-state index in [-0.39, 0.29) is 41.7 Å². The Balaban J connectivity index is 1.58. The van der Waals surface area contributed by atoms with Gasteiger partial charge in [0.05, 0.1) is 28.6 Å². The van der Waals surface area contributed by atoms with E-state index in [1.54, 1.807) is 0 Å². The number of carbonyl (C=O) groups excluding carboxylic acids is 1. The van der Waals surface area contributed by atoms with E-state index in [0.29, 0.717) is 0 Å². The Morgan fingerprint density at radius 3 is 2.23 bits per heavy atom. The number of hydrogen-bond donors (Lipinski definition) is 1. The van der Waals surface area contributed by atoms with Crippen LogP contribution in [-0.4, -0.2) is 30.0 Å². The molecule has 0 radical (unpaired) electrons. The number of amides is 1. The molecule has 1 aliphatic carbocycles. The van der Waals surface area contributed by atoms with Gasteiger partial charge in [-0.1, -0.05) is 22.8 Å². The third-order valence-electron chi connectivity index (χ3n) is 6.72. The van der Waals surface area contributed by atoms with Crippen LogP contribution in [-0.2, 0) is 16.6 Å². The second kappa shape index (κ2) is 9.56. The molecule has 1 aliphatic heterocycles. The van der Waals surface area contributed by atoms with E-state index in [1.807, 2.05) is 0 Å². The molecule has 212 valence electrons. The highest BCUT2D eigenvalue weighted by Crippen LogP contribution is 2.51. The molecule has 1 fully saturated rings. The van der Waals surface area contributed by atoms with Crippen molar-refractivity contribution in [1.82, 2.24) is 5.32 Å². The van der Waals surface area contributed by atoms with Crippen molar-refractivity contribution in [1.29, 1.82) is 0 Å². The number of hydrogen-bond acceptors (Lipinski definition) is 3. The van der Waals surface area contributed by atoms with E-state index in [9.17, 15) is 48.7 Å². The summed E-state index contributed by atoms with van der Waals surface area (Å²) in [6.45, 7) is 1.41. The molecule has 4 nitrogen and oxygen atoms in total. The van der Waals surface area contributed by atoms with Gasteiger partial charge in [-0.3, -0.25) is 4.79 Å². The Labute approximate surface area is 218 Å². The maximum absolute atomic E-state index is 14.7. The molecule has 2 aromatic rings. The summed E-state index contributed by atoms with van der Waals surface area (Å²) in [5, 5.41) is 4.65. The zero-order valence-electron chi connectivity index (χ0n) is 19.6. The van der Waals surface area contributed by atoms with Gasteiger partial charge in [-0.2, -0.15) is 39.5 Å². The number of rotatable bonds is 4. The molecule has 2 aliphatic rings. The second-order valence-corrected chi connectivity index (χ2v) is 9.77. The standard InChI is InChI=1S/C24H17ClF10N2O2/c1-10-4-11(2-3-15(10)20(38)36-14-5-12(6-14)22(27,28)29)18-9-21(39-37-18,24(33,34)35)16-7-13(23(30,31)32)8-17(25)19(16)26/h2-4,7-8,12,14H,5-6,9H2,1H3,(H,36,38)/t12?,14?,21-/m1/s1. The average molecular weight is 591 g/mol. The highest BCUT2D eigenvalue weighted by atomic mass is 35.5. The van der Waals surface area contributed by atoms with Gasteiger partial charge in [0.2, 0.25) is 0 Å². The Kier molecular flexibility index (Phi) is 7.10. The van der Waals surface area contributed by atoms with Crippen LogP contribution in [0.2, 0.25) is 5.02 Å². The first kappa shape index (κ1) is 29.0. The second-order valence-electron chi connectivity index (χ2n) is 9.36. The molecule has 0 aromatic heterocycles. The predicted octanol–water partition coefficient (Wildman–Crippen LogP) is 7.46. The predicted molar refractivity (Wildman–Crippen MR) is 118 cm³/mol. The molecular formula is C24H17ClF10N2O2. The number of oxime groups is 1. The first-order chi connectivity index (χ1) is 17.8. The lowest BCUT2D eigenvalue weighted by Crippen LogP contribution is -2.49. The molecule has 15 heteroatoms. The minimum atomic E-state index is -5.43. The first-order valence-electron chi connectivity index (χ1n) is 11.2. The quantitative estimate of drug-likeness (QED) is 0.376. The Morgan fingerprint density at radius 1 is 1.05 bits per heavy atom. The maximum atomic E-state index is 14.7. The summed E-state index contributed by atoms with van der Waals surface area (Å²) in [6, 6.07) is 3.07. The van der Waals surface area contributed by atoms with Crippen molar-refractivity contribution in [3.63, 3.8) is 0 Å². The van der Waals surface area contributed by atoms with Crippen LogP contribution in [0, 0.1) is 18.7 Å². The van der Waals surface area contributed by atoms with Crippen LogP contribution in [0.3, 0.4) is 0 Å². The van der Waals surface area contributed by atoms with Gasteiger partial charge in [0.1, 0.15) is 5.82 Å². The van der Waals surface area contributed by atoms with E-state index < -0.39 is 76.1 Å². The van der Waals surface area contributed by atoms with E-state index in [4.69, 9.17) is 11.6 Å². The van der Waals surface area contributed by atoms with E-state index in [0.717, 1.165) is 0 Å². The van der Waals surface area contributed by atoms with Gasteiger partial charge < -0.3 is 10.2 Å². The molecule has 2 aromatic carbocycles. The lowest BCUT2D eigenvalue weighted by atomic mass is 9.79. The fourth-order valence-corrected chi connectivity index (χ4v) is 4.67. The van der Waals surface area contributed by atoms with Gasteiger partial charge in [-0.25, -0.2) is 4.39 Å². The minimum Gasteiger partial charge on any atom is -0.374 e. The summed E-state index contributed by atoms with van der Waals surface area (Å²) < 4.78 is 135. The van der Waals surface area contributed by atoms with Crippen LogP contribution in [0.1, 0.15) is 51.9 Å². The summed E-state index contributed by atoms with van der Waals surface area (Å²) in [5.41, 5.74) is -6.90. The molecule has 1 atom stereocenters. The third kappa shape index (κ3) is 5.39. The normalized spacial score (nSPS) is 23.6. The van der Waals surface area contributed by atoms with Crippen molar-refractivity contribution >= 4 is 23.2 Å². The molecule has 4 rings (SSSR count). The SMILES string of the molecule is Cc1cc(C2=NO[C@](c3cc(C(F)(F)F)cc(Cl)c3F)(C(F)(F)F)C2)ccc1C(=O)NC1CC(C(F)(F)F)C1. The first-order valence-corrected chi connectivity index (χ1v) is 11.6. The van der Waals surface area contributed by atoms with Crippen LogP contribution in [0.5, 0.6) is 0 Å². The highest BCUT2D eigenvalue weighted by Gasteiger charge is 2.64. The van der Waals surface area contributed by atoms with Crippen LogP contribution >= 0.6 is 11.6 Å². The number of carbonyl (C=O) groups is 1. The number of halogens is 11. The van der Waals surface area contributed by atoms with Gasteiger partial charge >= 0.3 is 18.5 Å². The van der Waals surface area contributed by atoms with Gasteiger partial charge in [0.25, 0.3) is 11.5 Å². The largest absolute Gasteiger partial charge is 0.435 e.